The summed E-state index contributed by atoms with van der Waals surface area (Å²) in [5, 5.41) is 12.5. The lowest BCUT2D eigenvalue weighted by Gasteiger charge is -2.28. The summed E-state index contributed by atoms with van der Waals surface area (Å²) in [7, 11) is -3.67. The summed E-state index contributed by atoms with van der Waals surface area (Å²) in [6, 6.07) is 5.84. The molecule has 0 spiro atoms. The van der Waals surface area contributed by atoms with Gasteiger partial charge in [0.15, 0.2) is 0 Å². The predicted molar refractivity (Wildman–Crippen MR) is 120 cm³/mol. The van der Waals surface area contributed by atoms with Gasteiger partial charge >= 0.3 is 0 Å². The highest BCUT2D eigenvalue weighted by Crippen LogP contribution is 2.18. The highest BCUT2D eigenvalue weighted by Gasteiger charge is 2.29. The number of pyridine rings is 1. The average molecular weight is 463 g/mol. The quantitative estimate of drug-likeness (QED) is 0.593. The van der Waals surface area contributed by atoms with Crippen molar-refractivity contribution in [3.8, 4) is 17.3 Å². The zero-order valence-corrected chi connectivity index (χ0v) is 19.4. The molecule has 2 aromatic rings. The SMILES string of the molecule is CC(C)(CCn1cnc(-c2cccnc2)c1)NCC(=O)N1CCC[C@H]1C#N.CS(=O)(=O)O. The van der Waals surface area contributed by atoms with E-state index in [1.165, 1.54) is 0 Å². The zero-order chi connectivity index (χ0) is 23.8. The molecule has 3 rings (SSSR count). The molecule has 2 aromatic heterocycles. The van der Waals surface area contributed by atoms with Crippen molar-refractivity contribution in [3.05, 3.63) is 37.1 Å². The van der Waals surface area contributed by atoms with Crippen molar-refractivity contribution in [1.82, 2.24) is 24.8 Å². The molecule has 0 bridgehead atoms. The van der Waals surface area contributed by atoms with Gasteiger partial charge in [-0.15, -0.1) is 0 Å². The maximum absolute atomic E-state index is 12.4. The van der Waals surface area contributed by atoms with Gasteiger partial charge in [-0.2, -0.15) is 13.7 Å². The molecule has 174 valence electrons. The van der Waals surface area contributed by atoms with Gasteiger partial charge in [0.25, 0.3) is 10.1 Å². The van der Waals surface area contributed by atoms with Crippen LogP contribution in [0.25, 0.3) is 11.3 Å². The van der Waals surface area contributed by atoms with E-state index in [-0.39, 0.29) is 24.0 Å². The third kappa shape index (κ3) is 8.74. The van der Waals surface area contributed by atoms with Crippen LogP contribution in [-0.4, -0.2) is 69.2 Å². The molecule has 10 nitrogen and oxygen atoms in total. The minimum absolute atomic E-state index is 0.00798. The number of nitrogens with zero attached hydrogens (tertiary/aromatic N) is 5. The van der Waals surface area contributed by atoms with Gasteiger partial charge in [-0.1, -0.05) is 0 Å². The van der Waals surface area contributed by atoms with Crippen LogP contribution in [0.4, 0.5) is 0 Å². The highest BCUT2D eigenvalue weighted by atomic mass is 32.2. The molecule has 1 saturated heterocycles. The van der Waals surface area contributed by atoms with Crippen molar-refractivity contribution >= 4 is 16.0 Å². The predicted octanol–water partition coefficient (Wildman–Crippen LogP) is 1.72. The number of hydrogen-bond acceptors (Lipinski definition) is 7. The van der Waals surface area contributed by atoms with Gasteiger partial charge in [-0.25, -0.2) is 4.98 Å². The van der Waals surface area contributed by atoms with E-state index < -0.39 is 10.1 Å². The summed E-state index contributed by atoms with van der Waals surface area (Å²) < 4.78 is 27.9. The lowest BCUT2D eigenvalue weighted by atomic mass is 10.0. The van der Waals surface area contributed by atoms with E-state index in [4.69, 9.17) is 9.81 Å². The van der Waals surface area contributed by atoms with Crippen LogP contribution in [0, 0.1) is 11.3 Å². The molecule has 1 fully saturated rings. The smallest absolute Gasteiger partial charge is 0.261 e. The van der Waals surface area contributed by atoms with E-state index in [0.717, 1.165) is 37.1 Å². The molecule has 0 aliphatic carbocycles. The molecule has 0 unspecified atom stereocenters. The first-order valence-electron chi connectivity index (χ1n) is 10.3. The van der Waals surface area contributed by atoms with Crippen molar-refractivity contribution < 1.29 is 17.8 Å². The van der Waals surface area contributed by atoms with Gasteiger partial charge in [-0.05, 0) is 45.2 Å². The van der Waals surface area contributed by atoms with Gasteiger partial charge in [0.1, 0.15) is 6.04 Å². The number of aromatic nitrogens is 3. The molecular weight excluding hydrogens is 432 g/mol. The third-order valence-electron chi connectivity index (χ3n) is 5.03. The monoisotopic (exact) mass is 462 g/mol. The topological polar surface area (TPSA) is 141 Å². The van der Waals surface area contributed by atoms with Crippen LogP contribution in [0.5, 0.6) is 0 Å². The lowest BCUT2D eigenvalue weighted by Crippen LogP contribution is -2.47. The second-order valence-corrected chi connectivity index (χ2v) is 9.80. The van der Waals surface area contributed by atoms with Crippen molar-refractivity contribution in [3.63, 3.8) is 0 Å². The molecule has 0 aromatic carbocycles. The minimum Gasteiger partial charge on any atom is -0.337 e. The Morgan fingerprint density at radius 3 is 2.78 bits per heavy atom. The number of hydrogen-bond donors (Lipinski definition) is 2. The maximum atomic E-state index is 12.4. The summed E-state index contributed by atoms with van der Waals surface area (Å²) in [5.41, 5.74) is 1.70. The molecule has 0 radical (unpaired) electrons. The van der Waals surface area contributed by atoms with E-state index in [2.05, 4.69) is 39.8 Å². The van der Waals surface area contributed by atoms with Crippen LogP contribution >= 0.6 is 0 Å². The van der Waals surface area contributed by atoms with E-state index in [1.807, 2.05) is 24.7 Å². The Bertz CT molecular complexity index is 1020. The number of aryl methyl sites for hydroxylation is 1. The average Bonchev–Trinajstić information content (AvgIpc) is 3.39. The van der Waals surface area contributed by atoms with Gasteiger partial charge in [0.2, 0.25) is 5.91 Å². The van der Waals surface area contributed by atoms with Crippen LogP contribution in [0.3, 0.4) is 0 Å². The van der Waals surface area contributed by atoms with Crippen LogP contribution in [-0.2, 0) is 21.5 Å². The number of rotatable bonds is 7. The number of imidazole rings is 1. The van der Waals surface area contributed by atoms with Gasteiger partial charge < -0.3 is 14.8 Å². The Labute approximate surface area is 189 Å². The normalized spacial score (nSPS) is 16.2. The van der Waals surface area contributed by atoms with Crippen LogP contribution in [0.1, 0.15) is 33.1 Å². The lowest BCUT2D eigenvalue weighted by molar-refractivity contribution is -0.130. The van der Waals surface area contributed by atoms with Crippen LogP contribution in [0.15, 0.2) is 37.1 Å². The first-order chi connectivity index (χ1) is 15.0. The fourth-order valence-corrected chi connectivity index (χ4v) is 3.26. The number of nitriles is 1. The van der Waals surface area contributed by atoms with E-state index in [1.54, 1.807) is 17.3 Å². The summed E-state index contributed by atoms with van der Waals surface area (Å²) in [6.07, 6.45) is 10.6. The molecular formula is C21H30N6O4S. The number of carbonyl (C=O) groups excluding carboxylic acids is 1. The van der Waals surface area contributed by atoms with Gasteiger partial charge in [0.05, 0.1) is 30.9 Å². The van der Waals surface area contributed by atoms with Crippen molar-refractivity contribution in [1.29, 1.82) is 5.26 Å². The van der Waals surface area contributed by atoms with E-state index in [0.29, 0.717) is 12.8 Å². The Balaban J connectivity index is 0.000000654. The van der Waals surface area contributed by atoms with Crippen molar-refractivity contribution in [2.75, 3.05) is 19.3 Å². The summed E-state index contributed by atoms with van der Waals surface area (Å²) in [5.74, 6) is 0.00798. The van der Waals surface area contributed by atoms with Gasteiger partial charge in [-0.3, -0.25) is 14.3 Å². The largest absolute Gasteiger partial charge is 0.337 e. The molecule has 1 aliphatic rings. The fraction of sp³-hybridized carbons (Fsp3) is 0.524. The summed E-state index contributed by atoms with van der Waals surface area (Å²) in [4.78, 5) is 22.6. The molecule has 1 aliphatic heterocycles. The third-order valence-corrected chi connectivity index (χ3v) is 5.03. The second-order valence-electron chi connectivity index (χ2n) is 8.33. The molecule has 2 N–H and O–H groups in total. The Kier molecular flexibility index (Phi) is 8.89. The minimum atomic E-state index is -3.67. The Hall–Kier alpha value is -2.81. The van der Waals surface area contributed by atoms with E-state index >= 15 is 0 Å². The number of carbonyl (C=O) groups is 1. The molecule has 3 heterocycles. The second kappa shape index (κ2) is 11.2. The van der Waals surface area contributed by atoms with Crippen LogP contribution in [0.2, 0.25) is 0 Å². The Morgan fingerprint density at radius 1 is 1.44 bits per heavy atom. The number of nitrogens with one attached hydrogen (secondary N) is 1. The van der Waals surface area contributed by atoms with Crippen molar-refractivity contribution in [2.24, 2.45) is 0 Å². The summed E-state index contributed by atoms with van der Waals surface area (Å²) >= 11 is 0. The van der Waals surface area contributed by atoms with E-state index in [9.17, 15) is 13.2 Å². The zero-order valence-electron chi connectivity index (χ0n) is 18.6. The highest BCUT2D eigenvalue weighted by molar-refractivity contribution is 7.85. The standard InChI is InChI=1S/C20H26N6O.CH4O3S/c1-20(2,24-13-19(27)26-9-4-6-17(26)11-21)7-10-25-14-18(23-15-25)16-5-3-8-22-12-16;1-5(2,3)4/h3,5,8,12,14-15,17,24H,4,6-7,9-10,13H2,1-2H3;1H3,(H,2,3,4)/t17-;/m0./s1. The molecule has 1 atom stereocenters. The van der Waals surface area contributed by atoms with Gasteiger partial charge in [0, 0.05) is 42.8 Å². The first-order valence-corrected chi connectivity index (χ1v) is 12.1. The summed E-state index contributed by atoms with van der Waals surface area (Å²) in [6.45, 7) is 5.92. The number of amides is 1. The number of likely N-dealkylation sites (tertiary alicyclic amines) is 1. The molecule has 32 heavy (non-hydrogen) atoms. The first kappa shape index (κ1) is 25.5. The maximum Gasteiger partial charge on any atom is 0.261 e. The molecule has 0 saturated carbocycles. The molecule has 11 heteroatoms. The van der Waals surface area contributed by atoms with Crippen molar-refractivity contribution in [2.45, 2.75) is 51.2 Å². The van der Waals surface area contributed by atoms with Crippen LogP contribution < -0.4 is 5.32 Å². The fourth-order valence-electron chi connectivity index (χ4n) is 3.26. The molecule has 1 amide bonds. The Morgan fingerprint density at radius 2 is 2.16 bits per heavy atom.